The molecule has 2 heterocycles. The van der Waals surface area contributed by atoms with E-state index in [2.05, 4.69) is 29.5 Å². The largest absolute Gasteiger partial charge is 0.478 e. The highest BCUT2D eigenvalue weighted by molar-refractivity contribution is 5.43. The molecule has 0 aromatic carbocycles. The van der Waals surface area contributed by atoms with Crippen molar-refractivity contribution in [2.24, 2.45) is 5.41 Å². The van der Waals surface area contributed by atoms with Crippen LogP contribution in [0.15, 0.2) is 18.3 Å². The molecule has 1 aromatic rings. The van der Waals surface area contributed by atoms with Gasteiger partial charge >= 0.3 is 0 Å². The number of ether oxygens (including phenoxy) is 1. The summed E-state index contributed by atoms with van der Waals surface area (Å²) in [6.07, 6.45) is 2.99. The first-order chi connectivity index (χ1) is 8.62. The van der Waals surface area contributed by atoms with Crippen LogP contribution in [0.3, 0.4) is 0 Å². The van der Waals surface area contributed by atoms with Crippen molar-refractivity contribution in [3.05, 3.63) is 18.3 Å². The van der Waals surface area contributed by atoms with Gasteiger partial charge in [0.1, 0.15) is 0 Å². The number of anilines is 1. The summed E-state index contributed by atoms with van der Waals surface area (Å²) in [6, 6.07) is 4.44. The molecule has 100 valence electrons. The highest BCUT2D eigenvalue weighted by Crippen LogP contribution is 2.28. The summed E-state index contributed by atoms with van der Waals surface area (Å²) >= 11 is 0. The molecule has 0 bridgehead atoms. The van der Waals surface area contributed by atoms with Crippen LogP contribution in [0, 0.1) is 5.41 Å². The first-order valence-corrected chi connectivity index (χ1v) is 6.68. The Morgan fingerprint density at radius 2 is 2.33 bits per heavy atom. The molecule has 2 rings (SSSR count). The van der Waals surface area contributed by atoms with Crippen LogP contribution in [0.2, 0.25) is 0 Å². The van der Waals surface area contributed by atoms with Gasteiger partial charge in [0.25, 0.3) is 0 Å². The maximum absolute atomic E-state index is 5.34. The second kappa shape index (κ2) is 5.57. The Kier molecular flexibility index (Phi) is 4.07. The minimum absolute atomic E-state index is 0.261. The van der Waals surface area contributed by atoms with E-state index in [0.29, 0.717) is 18.5 Å². The minimum Gasteiger partial charge on any atom is -0.478 e. The summed E-state index contributed by atoms with van der Waals surface area (Å²) < 4.78 is 5.34. The lowest BCUT2D eigenvalue weighted by molar-refractivity contribution is 0.236. The zero-order valence-corrected chi connectivity index (χ0v) is 11.5. The molecule has 1 atom stereocenters. The van der Waals surface area contributed by atoms with Crippen LogP contribution < -0.4 is 15.4 Å². The quantitative estimate of drug-likeness (QED) is 0.859. The van der Waals surface area contributed by atoms with Crippen molar-refractivity contribution in [1.82, 2.24) is 10.3 Å². The highest BCUT2D eigenvalue weighted by atomic mass is 16.5. The topological polar surface area (TPSA) is 46.2 Å². The number of nitrogens with one attached hydrogen (secondary N) is 2. The molecule has 18 heavy (non-hydrogen) atoms. The SMILES string of the molecule is CCOc1ccc(NC2CCNCC2(C)C)cn1. The summed E-state index contributed by atoms with van der Waals surface area (Å²) in [6.45, 7) is 9.32. The molecule has 1 saturated heterocycles. The Balaban J connectivity index is 1.99. The fourth-order valence-electron chi connectivity index (χ4n) is 2.34. The van der Waals surface area contributed by atoms with E-state index in [1.165, 1.54) is 0 Å². The van der Waals surface area contributed by atoms with Gasteiger partial charge in [-0.1, -0.05) is 13.8 Å². The van der Waals surface area contributed by atoms with E-state index in [9.17, 15) is 0 Å². The molecule has 1 aromatic heterocycles. The molecular formula is C14H23N3O. The van der Waals surface area contributed by atoms with E-state index in [1.807, 2.05) is 25.3 Å². The van der Waals surface area contributed by atoms with Gasteiger partial charge in [0.05, 0.1) is 18.5 Å². The minimum atomic E-state index is 0.261. The van der Waals surface area contributed by atoms with E-state index >= 15 is 0 Å². The van der Waals surface area contributed by atoms with E-state index in [0.717, 1.165) is 25.2 Å². The summed E-state index contributed by atoms with van der Waals surface area (Å²) in [5.41, 5.74) is 1.33. The number of aromatic nitrogens is 1. The Hall–Kier alpha value is -1.29. The first kappa shape index (κ1) is 13.1. The van der Waals surface area contributed by atoms with Gasteiger partial charge < -0.3 is 15.4 Å². The molecule has 1 aliphatic rings. The predicted octanol–water partition coefficient (Wildman–Crippen LogP) is 2.28. The third kappa shape index (κ3) is 3.13. The number of hydrogen-bond acceptors (Lipinski definition) is 4. The van der Waals surface area contributed by atoms with E-state index in [-0.39, 0.29) is 5.41 Å². The number of piperidine rings is 1. The fourth-order valence-corrected chi connectivity index (χ4v) is 2.34. The maximum atomic E-state index is 5.34. The molecule has 4 nitrogen and oxygen atoms in total. The number of hydrogen-bond donors (Lipinski definition) is 2. The van der Waals surface area contributed by atoms with Crippen LogP contribution >= 0.6 is 0 Å². The monoisotopic (exact) mass is 249 g/mol. The Morgan fingerprint density at radius 1 is 1.50 bits per heavy atom. The first-order valence-electron chi connectivity index (χ1n) is 6.68. The zero-order valence-electron chi connectivity index (χ0n) is 11.5. The molecule has 0 aliphatic carbocycles. The van der Waals surface area contributed by atoms with Gasteiger partial charge in [0.15, 0.2) is 0 Å². The summed E-state index contributed by atoms with van der Waals surface area (Å²) in [5.74, 6) is 0.688. The molecule has 4 heteroatoms. The van der Waals surface area contributed by atoms with Gasteiger partial charge in [-0.25, -0.2) is 4.98 Å². The molecule has 0 radical (unpaired) electrons. The van der Waals surface area contributed by atoms with Crippen molar-refractivity contribution in [3.8, 4) is 5.88 Å². The summed E-state index contributed by atoms with van der Waals surface area (Å²) in [7, 11) is 0. The molecule has 0 spiro atoms. The summed E-state index contributed by atoms with van der Waals surface area (Å²) in [4.78, 5) is 4.28. The van der Waals surface area contributed by atoms with E-state index < -0.39 is 0 Å². The van der Waals surface area contributed by atoms with Gasteiger partial charge in [-0.05, 0) is 31.4 Å². The second-order valence-corrected chi connectivity index (χ2v) is 5.47. The van der Waals surface area contributed by atoms with Gasteiger partial charge in [0.2, 0.25) is 5.88 Å². The lowest BCUT2D eigenvalue weighted by atomic mass is 9.80. The maximum Gasteiger partial charge on any atom is 0.213 e. The Morgan fingerprint density at radius 3 is 2.94 bits per heavy atom. The molecule has 1 aliphatic heterocycles. The average Bonchev–Trinajstić information content (AvgIpc) is 2.34. The van der Waals surface area contributed by atoms with Gasteiger partial charge in [-0.15, -0.1) is 0 Å². The van der Waals surface area contributed by atoms with Crippen LogP contribution in [0.4, 0.5) is 5.69 Å². The lowest BCUT2D eigenvalue weighted by Crippen LogP contribution is -2.49. The number of rotatable bonds is 4. The normalized spacial score (nSPS) is 22.5. The third-order valence-electron chi connectivity index (χ3n) is 3.50. The molecule has 2 N–H and O–H groups in total. The predicted molar refractivity (Wildman–Crippen MR) is 74.1 cm³/mol. The Labute approximate surface area is 109 Å². The van der Waals surface area contributed by atoms with Crippen molar-refractivity contribution < 1.29 is 4.74 Å². The van der Waals surface area contributed by atoms with E-state index in [4.69, 9.17) is 4.74 Å². The van der Waals surface area contributed by atoms with Crippen molar-refractivity contribution >= 4 is 5.69 Å². The zero-order chi connectivity index (χ0) is 13.0. The van der Waals surface area contributed by atoms with Gasteiger partial charge in [-0.2, -0.15) is 0 Å². The van der Waals surface area contributed by atoms with Gasteiger partial charge in [0, 0.05) is 18.7 Å². The second-order valence-electron chi connectivity index (χ2n) is 5.47. The fraction of sp³-hybridized carbons (Fsp3) is 0.643. The smallest absolute Gasteiger partial charge is 0.213 e. The number of nitrogens with zero attached hydrogens (tertiary/aromatic N) is 1. The molecule has 0 amide bonds. The van der Waals surface area contributed by atoms with Crippen molar-refractivity contribution in [2.75, 3.05) is 25.0 Å². The Bertz CT molecular complexity index is 375. The molecule has 0 saturated carbocycles. The highest BCUT2D eigenvalue weighted by Gasteiger charge is 2.31. The van der Waals surface area contributed by atoms with Gasteiger partial charge in [-0.3, -0.25) is 0 Å². The van der Waals surface area contributed by atoms with Crippen LogP contribution in [-0.2, 0) is 0 Å². The standard InChI is InChI=1S/C14H23N3O/c1-4-18-13-6-5-11(9-16-13)17-12-7-8-15-10-14(12,2)3/h5-6,9,12,15,17H,4,7-8,10H2,1-3H3. The molecule has 1 fully saturated rings. The average molecular weight is 249 g/mol. The molecule has 1 unspecified atom stereocenters. The molecular weight excluding hydrogens is 226 g/mol. The third-order valence-corrected chi connectivity index (χ3v) is 3.50. The van der Waals surface area contributed by atoms with Crippen LogP contribution in [0.5, 0.6) is 5.88 Å². The lowest BCUT2D eigenvalue weighted by Gasteiger charge is -2.40. The van der Waals surface area contributed by atoms with E-state index in [1.54, 1.807) is 0 Å². The van der Waals surface area contributed by atoms with Crippen molar-refractivity contribution in [2.45, 2.75) is 33.2 Å². The van der Waals surface area contributed by atoms with Crippen LogP contribution in [0.25, 0.3) is 0 Å². The van der Waals surface area contributed by atoms with Crippen LogP contribution in [0.1, 0.15) is 27.2 Å². The summed E-state index contributed by atoms with van der Waals surface area (Å²) in [5, 5.41) is 7.02. The number of pyridine rings is 1. The van der Waals surface area contributed by atoms with Crippen molar-refractivity contribution in [1.29, 1.82) is 0 Å². The van der Waals surface area contributed by atoms with Crippen molar-refractivity contribution in [3.63, 3.8) is 0 Å². The van der Waals surface area contributed by atoms with Crippen LogP contribution in [-0.4, -0.2) is 30.7 Å².